The number of benzene rings is 2. The average Bonchev–Trinajstić information content (AvgIpc) is 3.23. The number of hydrogen-bond donors (Lipinski definition) is 1. The van der Waals surface area contributed by atoms with Gasteiger partial charge < -0.3 is 5.32 Å². The summed E-state index contributed by atoms with van der Waals surface area (Å²) in [6.45, 7) is 0.184. The fraction of sp³-hybridized carbons (Fsp3) is 0.0870. The van der Waals surface area contributed by atoms with E-state index in [9.17, 15) is 13.6 Å². The van der Waals surface area contributed by atoms with Crippen LogP contribution in [0.25, 0.3) is 16.9 Å². The molecule has 1 amide bonds. The average molecular weight is 436 g/mol. The van der Waals surface area contributed by atoms with Crippen molar-refractivity contribution in [2.75, 3.05) is 0 Å². The van der Waals surface area contributed by atoms with Gasteiger partial charge in [0, 0.05) is 30.1 Å². The number of thioether (sulfide) groups is 1. The van der Waals surface area contributed by atoms with Crippen molar-refractivity contribution in [2.24, 2.45) is 0 Å². The molecule has 31 heavy (non-hydrogen) atoms. The number of pyridine rings is 1. The van der Waals surface area contributed by atoms with Gasteiger partial charge in [-0.05, 0) is 36.0 Å². The second-order valence-corrected chi connectivity index (χ2v) is 7.55. The standard InChI is InChI=1S/C23H18F2N4OS/c24-23(25)31-22-19(12-7-13-26-22)21(30)27-14-17-15-29(18-10-5-2-6-11-18)28-20(17)16-8-3-1-4-9-16/h1-13,15,23H,14H2,(H,27,30). The quantitative estimate of drug-likeness (QED) is 0.406. The fourth-order valence-electron chi connectivity index (χ4n) is 3.10. The maximum atomic E-state index is 12.8. The smallest absolute Gasteiger partial charge is 0.290 e. The highest BCUT2D eigenvalue weighted by Gasteiger charge is 2.18. The Kier molecular flexibility index (Phi) is 6.37. The number of nitrogens with zero attached hydrogens (tertiary/aromatic N) is 3. The SMILES string of the molecule is O=C(NCc1cn(-c2ccccc2)nc1-c1ccccc1)c1cccnc1SC(F)F. The first kappa shape index (κ1) is 20.7. The Morgan fingerprint density at radius 1 is 1.00 bits per heavy atom. The van der Waals surface area contributed by atoms with E-state index < -0.39 is 11.7 Å². The Labute approximate surface area is 182 Å². The van der Waals surface area contributed by atoms with Crippen molar-refractivity contribution >= 4 is 17.7 Å². The minimum absolute atomic E-state index is 0.00161. The molecule has 0 bridgehead atoms. The zero-order valence-corrected chi connectivity index (χ0v) is 17.1. The normalized spacial score (nSPS) is 10.9. The molecule has 4 aromatic rings. The van der Waals surface area contributed by atoms with Crippen LogP contribution >= 0.6 is 11.8 Å². The Bertz CT molecular complexity index is 1170. The molecule has 0 atom stereocenters. The predicted octanol–water partition coefficient (Wildman–Crippen LogP) is 5.18. The number of hydrogen-bond acceptors (Lipinski definition) is 4. The first-order valence-electron chi connectivity index (χ1n) is 9.49. The van der Waals surface area contributed by atoms with E-state index >= 15 is 0 Å². The number of halogens is 2. The molecule has 0 aliphatic heterocycles. The zero-order chi connectivity index (χ0) is 21.6. The molecule has 0 fully saturated rings. The third kappa shape index (κ3) is 4.97. The summed E-state index contributed by atoms with van der Waals surface area (Å²) in [6, 6.07) is 22.3. The summed E-state index contributed by atoms with van der Waals surface area (Å²) >= 11 is 0.255. The van der Waals surface area contributed by atoms with Gasteiger partial charge in [0.1, 0.15) is 5.03 Å². The van der Waals surface area contributed by atoms with Crippen molar-refractivity contribution in [3.63, 3.8) is 0 Å². The highest BCUT2D eigenvalue weighted by Crippen LogP contribution is 2.27. The highest BCUT2D eigenvalue weighted by molar-refractivity contribution is 7.99. The molecule has 0 saturated carbocycles. The van der Waals surface area contributed by atoms with Gasteiger partial charge in [-0.2, -0.15) is 13.9 Å². The summed E-state index contributed by atoms with van der Waals surface area (Å²) in [6.07, 6.45) is 3.24. The summed E-state index contributed by atoms with van der Waals surface area (Å²) in [4.78, 5) is 16.6. The summed E-state index contributed by atoms with van der Waals surface area (Å²) in [5.41, 5.74) is 3.45. The van der Waals surface area contributed by atoms with Gasteiger partial charge in [0.25, 0.3) is 11.7 Å². The number of carbonyl (C=O) groups is 1. The molecule has 0 aliphatic rings. The number of para-hydroxylation sites is 1. The minimum atomic E-state index is -2.66. The molecule has 0 radical (unpaired) electrons. The fourth-order valence-corrected chi connectivity index (χ4v) is 3.68. The van der Waals surface area contributed by atoms with Crippen LogP contribution in [-0.2, 0) is 6.54 Å². The molecule has 4 rings (SSSR count). The molecular formula is C23H18F2N4OS. The maximum absolute atomic E-state index is 12.8. The molecule has 0 unspecified atom stereocenters. The zero-order valence-electron chi connectivity index (χ0n) is 16.3. The molecule has 0 spiro atoms. The van der Waals surface area contributed by atoms with E-state index in [1.165, 1.54) is 12.3 Å². The van der Waals surface area contributed by atoms with Crippen LogP contribution in [0, 0.1) is 0 Å². The molecule has 0 saturated heterocycles. The van der Waals surface area contributed by atoms with Gasteiger partial charge in [0.15, 0.2) is 0 Å². The number of carbonyl (C=O) groups excluding carboxylic acids is 1. The largest absolute Gasteiger partial charge is 0.348 e. The van der Waals surface area contributed by atoms with Crippen molar-refractivity contribution in [3.8, 4) is 16.9 Å². The molecule has 156 valence electrons. The number of alkyl halides is 2. The summed E-state index contributed by atoms with van der Waals surface area (Å²) < 4.78 is 27.4. The molecule has 5 nitrogen and oxygen atoms in total. The van der Waals surface area contributed by atoms with E-state index in [4.69, 9.17) is 5.10 Å². The van der Waals surface area contributed by atoms with E-state index in [2.05, 4.69) is 10.3 Å². The van der Waals surface area contributed by atoms with Crippen LogP contribution < -0.4 is 5.32 Å². The van der Waals surface area contributed by atoms with Crippen molar-refractivity contribution < 1.29 is 13.6 Å². The van der Waals surface area contributed by atoms with E-state index in [1.807, 2.05) is 66.9 Å². The Hall–Kier alpha value is -3.52. The lowest BCUT2D eigenvalue weighted by molar-refractivity contribution is 0.0947. The number of aromatic nitrogens is 3. The lowest BCUT2D eigenvalue weighted by Crippen LogP contribution is -2.24. The van der Waals surface area contributed by atoms with E-state index in [0.29, 0.717) is 0 Å². The van der Waals surface area contributed by atoms with Gasteiger partial charge in [-0.1, -0.05) is 48.5 Å². The molecule has 1 N–H and O–H groups in total. The third-order valence-electron chi connectivity index (χ3n) is 4.51. The molecule has 2 aromatic heterocycles. The van der Waals surface area contributed by atoms with E-state index in [0.717, 1.165) is 22.5 Å². The van der Waals surface area contributed by atoms with Crippen LogP contribution in [0.4, 0.5) is 8.78 Å². The van der Waals surface area contributed by atoms with Crippen LogP contribution in [0.2, 0.25) is 0 Å². The van der Waals surface area contributed by atoms with Crippen LogP contribution in [0.15, 0.2) is 90.2 Å². The second kappa shape index (κ2) is 9.53. The molecule has 0 aliphatic carbocycles. The molecule has 8 heteroatoms. The van der Waals surface area contributed by atoms with Crippen LogP contribution in [0.1, 0.15) is 15.9 Å². The summed E-state index contributed by atoms with van der Waals surface area (Å²) in [5, 5.41) is 7.52. The van der Waals surface area contributed by atoms with Crippen LogP contribution in [0.3, 0.4) is 0 Å². The van der Waals surface area contributed by atoms with Crippen LogP contribution in [-0.4, -0.2) is 26.4 Å². The molecule has 2 aromatic carbocycles. The lowest BCUT2D eigenvalue weighted by Gasteiger charge is -2.09. The van der Waals surface area contributed by atoms with Gasteiger partial charge in [-0.15, -0.1) is 0 Å². The lowest BCUT2D eigenvalue weighted by atomic mass is 10.1. The topological polar surface area (TPSA) is 59.8 Å². The third-order valence-corrected chi connectivity index (χ3v) is 5.24. The van der Waals surface area contributed by atoms with Gasteiger partial charge in [-0.3, -0.25) is 4.79 Å². The van der Waals surface area contributed by atoms with Gasteiger partial charge in [0.2, 0.25) is 0 Å². The van der Waals surface area contributed by atoms with Gasteiger partial charge >= 0.3 is 0 Å². The number of amides is 1. The van der Waals surface area contributed by atoms with Crippen molar-refractivity contribution in [1.29, 1.82) is 0 Å². The van der Waals surface area contributed by atoms with Crippen LogP contribution in [0.5, 0.6) is 0 Å². The van der Waals surface area contributed by atoms with Crippen molar-refractivity contribution in [2.45, 2.75) is 17.3 Å². The van der Waals surface area contributed by atoms with Gasteiger partial charge in [0.05, 0.1) is 16.9 Å². The Morgan fingerprint density at radius 3 is 2.42 bits per heavy atom. The first-order valence-corrected chi connectivity index (χ1v) is 10.4. The highest BCUT2D eigenvalue weighted by atomic mass is 32.2. The van der Waals surface area contributed by atoms with Crippen molar-refractivity contribution in [1.82, 2.24) is 20.1 Å². The second-order valence-electron chi connectivity index (χ2n) is 6.57. The van der Waals surface area contributed by atoms with E-state index in [-0.39, 0.29) is 28.9 Å². The first-order chi connectivity index (χ1) is 15.1. The monoisotopic (exact) mass is 436 g/mol. The minimum Gasteiger partial charge on any atom is -0.348 e. The number of rotatable bonds is 7. The Balaban J connectivity index is 1.61. The van der Waals surface area contributed by atoms with E-state index in [1.54, 1.807) is 10.7 Å². The van der Waals surface area contributed by atoms with Gasteiger partial charge in [-0.25, -0.2) is 9.67 Å². The summed E-state index contributed by atoms with van der Waals surface area (Å²) in [5.74, 6) is -3.13. The maximum Gasteiger partial charge on any atom is 0.290 e. The number of nitrogens with one attached hydrogen (secondary N) is 1. The predicted molar refractivity (Wildman–Crippen MR) is 116 cm³/mol. The van der Waals surface area contributed by atoms with Crippen molar-refractivity contribution in [3.05, 3.63) is 96.3 Å². The summed E-state index contributed by atoms with van der Waals surface area (Å²) in [7, 11) is 0. The molecular weight excluding hydrogens is 418 g/mol. The Morgan fingerprint density at radius 2 is 1.71 bits per heavy atom. The molecule has 2 heterocycles.